The minimum atomic E-state index is 0. The van der Waals surface area contributed by atoms with E-state index in [1.54, 1.807) is 0 Å². The number of hydrogen-bond acceptors (Lipinski definition) is 4. The van der Waals surface area contributed by atoms with Crippen LogP contribution in [-0.4, -0.2) is 62.2 Å². The molecule has 6 nitrogen and oxygen atoms in total. The predicted octanol–water partition coefficient (Wildman–Crippen LogP) is 2.95. The highest BCUT2D eigenvalue weighted by molar-refractivity contribution is 14.0. The molecule has 0 saturated carbocycles. The van der Waals surface area contributed by atoms with Crippen LogP contribution in [0, 0.1) is 0 Å². The number of guanidine groups is 1. The van der Waals surface area contributed by atoms with Crippen LogP contribution in [0.1, 0.15) is 42.8 Å². The van der Waals surface area contributed by atoms with E-state index in [1.807, 2.05) is 17.5 Å². The number of piperidine rings is 1. The molecule has 0 aliphatic carbocycles. The lowest BCUT2D eigenvalue weighted by Gasteiger charge is -2.34. The van der Waals surface area contributed by atoms with Gasteiger partial charge < -0.3 is 20.3 Å². The van der Waals surface area contributed by atoms with Crippen molar-refractivity contribution in [2.24, 2.45) is 4.99 Å². The van der Waals surface area contributed by atoms with Crippen molar-refractivity contribution in [2.45, 2.75) is 39.2 Å². The molecule has 2 N–H and O–H groups in total. The van der Waals surface area contributed by atoms with Gasteiger partial charge >= 0.3 is 0 Å². The summed E-state index contributed by atoms with van der Waals surface area (Å²) >= 11 is 1.46. The van der Waals surface area contributed by atoms with Gasteiger partial charge in [0.2, 0.25) is 0 Å². The molecule has 2 heterocycles. The average Bonchev–Trinajstić information content (AvgIpc) is 3.16. The number of amides is 1. The number of carbonyl (C=O) groups excluding carboxylic acids is 1. The zero-order chi connectivity index (χ0) is 17.9. The molecule has 0 spiro atoms. The van der Waals surface area contributed by atoms with E-state index < -0.39 is 0 Å². The maximum atomic E-state index is 11.9. The van der Waals surface area contributed by atoms with Crippen molar-refractivity contribution in [2.75, 3.05) is 39.3 Å². The van der Waals surface area contributed by atoms with Gasteiger partial charge in [0.25, 0.3) is 5.91 Å². The van der Waals surface area contributed by atoms with Crippen LogP contribution in [0.2, 0.25) is 0 Å². The quantitative estimate of drug-likeness (QED) is 0.253. The molecule has 26 heavy (non-hydrogen) atoms. The number of carbonyl (C=O) groups is 1. The Kier molecular flexibility index (Phi) is 11.9. The predicted molar refractivity (Wildman–Crippen MR) is 119 cm³/mol. The molecule has 1 fully saturated rings. The molecule has 148 valence electrons. The highest BCUT2D eigenvalue weighted by Gasteiger charge is 2.21. The van der Waals surface area contributed by atoms with Gasteiger partial charge in [-0.1, -0.05) is 6.07 Å². The molecular weight excluding hydrogens is 463 g/mol. The normalized spacial score (nSPS) is 15.5. The Labute approximate surface area is 177 Å². The summed E-state index contributed by atoms with van der Waals surface area (Å²) < 4.78 is 5.71. The highest BCUT2D eigenvalue weighted by atomic mass is 127. The lowest BCUT2D eigenvalue weighted by atomic mass is 10.1. The first-order valence-electron chi connectivity index (χ1n) is 9.21. The molecule has 0 bridgehead atoms. The first-order valence-corrected chi connectivity index (χ1v) is 10.1. The number of hydrogen-bond donors (Lipinski definition) is 2. The Hall–Kier alpha value is -0.870. The number of thiophene rings is 1. The molecule has 1 aromatic rings. The highest BCUT2D eigenvalue weighted by Crippen LogP contribution is 2.13. The smallest absolute Gasteiger partial charge is 0.261 e. The lowest BCUT2D eigenvalue weighted by molar-refractivity contribution is 0.0264. The van der Waals surface area contributed by atoms with Crippen LogP contribution >= 0.6 is 35.3 Å². The molecule has 0 unspecified atom stereocenters. The van der Waals surface area contributed by atoms with Gasteiger partial charge in [0.15, 0.2) is 5.96 Å². The van der Waals surface area contributed by atoms with Gasteiger partial charge in [-0.25, -0.2) is 0 Å². The number of nitrogens with one attached hydrogen (secondary N) is 2. The van der Waals surface area contributed by atoms with Crippen molar-refractivity contribution in [3.05, 3.63) is 22.4 Å². The first-order chi connectivity index (χ1) is 12.2. The van der Waals surface area contributed by atoms with E-state index in [9.17, 15) is 4.79 Å². The van der Waals surface area contributed by atoms with Gasteiger partial charge in [0.1, 0.15) is 0 Å². The number of nitrogens with zero attached hydrogens (tertiary/aromatic N) is 2. The Bertz CT molecular complexity index is 531. The summed E-state index contributed by atoms with van der Waals surface area (Å²) in [6.07, 6.45) is 3.32. The summed E-state index contributed by atoms with van der Waals surface area (Å²) in [6, 6.07) is 3.73. The van der Waals surface area contributed by atoms with Crippen LogP contribution in [0.4, 0.5) is 0 Å². The zero-order valence-corrected chi connectivity index (χ0v) is 18.8. The monoisotopic (exact) mass is 494 g/mol. The standard InChI is InChI=1S/C18H30N4O2S.HI/c1-3-19-18(22-12-8-15(9-13-22)24-4-2)21-11-6-10-20-17(23)16-7-5-14-25-16;/h5,7,14-15H,3-4,6,8-13H2,1-2H3,(H,19,21)(H,20,23);1H. The van der Waals surface area contributed by atoms with E-state index in [4.69, 9.17) is 9.73 Å². The van der Waals surface area contributed by atoms with Gasteiger partial charge in [0.05, 0.1) is 11.0 Å². The van der Waals surface area contributed by atoms with Crippen molar-refractivity contribution < 1.29 is 9.53 Å². The van der Waals surface area contributed by atoms with Crippen LogP contribution in [0.15, 0.2) is 22.5 Å². The van der Waals surface area contributed by atoms with Crippen molar-refractivity contribution in [3.8, 4) is 0 Å². The summed E-state index contributed by atoms with van der Waals surface area (Å²) in [7, 11) is 0. The first kappa shape index (κ1) is 23.2. The number of aliphatic imine (C=N–C) groups is 1. The fourth-order valence-electron chi connectivity index (χ4n) is 2.86. The SMILES string of the molecule is CCNC(=NCCCNC(=O)c1cccs1)N1CCC(OCC)CC1.I. The number of ether oxygens (including phenoxy) is 1. The van der Waals surface area contributed by atoms with Crippen LogP contribution in [0.25, 0.3) is 0 Å². The molecule has 1 aromatic heterocycles. The van der Waals surface area contributed by atoms with Crippen LogP contribution < -0.4 is 10.6 Å². The third-order valence-corrected chi connectivity index (χ3v) is 4.97. The summed E-state index contributed by atoms with van der Waals surface area (Å²) in [5, 5.41) is 8.23. The molecule has 8 heteroatoms. The summed E-state index contributed by atoms with van der Waals surface area (Å²) in [5.41, 5.74) is 0. The largest absolute Gasteiger partial charge is 0.378 e. The molecule has 1 amide bonds. The number of likely N-dealkylation sites (tertiary alicyclic amines) is 1. The molecule has 0 atom stereocenters. The van der Waals surface area contributed by atoms with Crippen molar-refractivity contribution >= 4 is 47.2 Å². The lowest BCUT2D eigenvalue weighted by Crippen LogP contribution is -2.47. The summed E-state index contributed by atoms with van der Waals surface area (Å²) in [6.45, 7) is 9.09. The Morgan fingerprint density at radius 3 is 2.73 bits per heavy atom. The van der Waals surface area contributed by atoms with Crippen LogP contribution in [-0.2, 0) is 4.74 Å². The van der Waals surface area contributed by atoms with E-state index in [0.717, 1.165) is 56.3 Å². The third-order valence-electron chi connectivity index (χ3n) is 4.11. The van der Waals surface area contributed by atoms with E-state index in [2.05, 4.69) is 29.4 Å². The Balaban J connectivity index is 0.00000338. The Morgan fingerprint density at radius 1 is 1.35 bits per heavy atom. The molecule has 1 aliphatic heterocycles. The van der Waals surface area contributed by atoms with Crippen LogP contribution in [0.5, 0.6) is 0 Å². The topological polar surface area (TPSA) is 66.0 Å². The summed E-state index contributed by atoms with van der Waals surface area (Å²) in [5.74, 6) is 0.978. The fourth-order valence-corrected chi connectivity index (χ4v) is 3.50. The second-order valence-corrected chi connectivity index (χ2v) is 6.91. The molecule has 0 radical (unpaired) electrons. The van der Waals surface area contributed by atoms with Gasteiger partial charge in [-0.2, -0.15) is 0 Å². The van der Waals surface area contributed by atoms with Crippen molar-refractivity contribution in [1.82, 2.24) is 15.5 Å². The maximum absolute atomic E-state index is 11.9. The second kappa shape index (κ2) is 13.3. The average molecular weight is 494 g/mol. The van der Waals surface area contributed by atoms with Crippen molar-refractivity contribution in [3.63, 3.8) is 0 Å². The minimum absolute atomic E-state index is 0. The molecular formula is C18H31IN4O2S. The van der Waals surface area contributed by atoms with E-state index >= 15 is 0 Å². The molecule has 0 aromatic carbocycles. The third kappa shape index (κ3) is 7.79. The number of rotatable bonds is 8. The van der Waals surface area contributed by atoms with Crippen molar-refractivity contribution in [1.29, 1.82) is 0 Å². The maximum Gasteiger partial charge on any atom is 0.261 e. The second-order valence-electron chi connectivity index (χ2n) is 5.96. The van der Waals surface area contributed by atoms with Gasteiger partial charge in [-0.3, -0.25) is 9.79 Å². The molecule has 1 saturated heterocycles. The summed E-state index contributed by atoms with van der Waals surface area (Å²) in [4.78, 5) is 19.6. The van der Waals surface area contributed by atoms with Gasteiger partial charge in [0, 0.05) is 39.3 Å². The Morgan fingerprint density at radius 2 is 2.12 bits per heavy atom. The zero-order valence-electron chi connectivity index (χ0n) is 15.7. The van der Waals surface area contributed by atoms with E-state index in [-0.39, 0.29) is 29.9 Å². The van der Waals surface area contributed by atoms with Gasteiger partial charge in [-0.05, 0) is 44.6 Å². The van der Waals surface area contributed by atoms with Gasteiger partial charge in [-0.15, -0.1) is 35.3 Å². The van der Waals surface area contributed by atoms with E-state index in [1.165, 1.54) is 11.3 Å². The molecule has 1 aliphatic rings. The molecule has 2 rings (SSSR count). The number of halogens is 1. The fraction of sp³-hybridized carbons (Fsp3) is 0.667. The van der Waals surface area contributed by atoms with E-state index in [0.29, 0.717) is 19.2 Å². The van der Waals surface area contributed by atoms with Crippen LogP contribution in [0.3, 0.4) is 0 Å². The minimum Gasteiger partial charge on any atom is -0.378 e.